The maximum atomic E-state index is 10.8. The first-order valence-electron chi connectivity index (χ1n) is 11.9. The molecule has 6 unspecified atom stereocenters. The average Bonchev–Trinajstić information content (AvgIpc) is 3.54. The molecule has 0 amide bonds. The molecule has 3 fully saturated rings. The van der Waals surface area contributed by atoms with E-state index < -0.39 is 0 Å². The normalized spacial score (nSPS) is 36.0. The molecular weight excluding hydrogens is 415 g/mol. The number of nitrogens with zero attached hydrogens (tertiary/aromatic N) is 1. The van der Waals surface area contributed by atoms with Crippen LogP contribution in [0.25, 0.3) is 0 Å². The molecule has 2 N–H and O–H groups in total. The topological polar surface area (TPSA) is 35.5 Å². The van der Waals surface area contributed by atoms with Crippen molar-refractivity contribution in [3.63, 3.8) is 0 Å². The van der Waals surface area contributed by atoms with E-state index in [1.54, 1.807) is 0 Å². The van der Waals surface area contributed by atoms with Gasteiger partial charge in [-0.25, -0.2) is 0 Å². The second-order valence-electron chi connectivity index (χ2n) is 9.94. The number of allylic oxidation sites excluding steroid dienone is 2. The van der Waals surface area contributed by atoms with Crippen LogP contribution >= 0.6 is 23.2 Å². The monoisotopic (exact) mass is 448 g/mol. The first-order valence-corrected chi connectivity index (χ1v) is 12.7. The van der Waals surface area contributed by atoms with E-state index in [0.29, 0.717) is 23.9 Å². The maximum Gasteiger partial charge on any atom is 0.107 e. The van der Waals surface area contributed by atoms with Crippen LogP contribution < -0.4 is 5.32 Å². The van der Waals surface area contributed by atoms with Gasteiger partial charge in [0.1, 0.15) is 6.23 Å². The molecule has 5 rings (SSSR count). The van der Waals surface area contributed by atoms with E-state index in [0.717, 1.165) is 43.2 Å². The molecule has 0 aromatic heterocycles. The van der Waals surface area contributed by atoms with Gasteiger partial charge in [-0.3, -0.25) is 10.2 Å². The van der Waals surface area contributed by atoms with E-state index in [1.807, 2.05) is 12.1 Å². The standard InChI is InChI=1S/C25H34Cl2N2O/c26-22-7-3-1-5-20(22)24(21-6-2-4-8-23(21)27)29-18-11-12-19(29)14-17(13-18)25(30)28-15-16-9-10-16/h1,3-5,7-8,16-19,21,23-25,28,30H,2,6,9-15H2. The Balaban J connectivity index is 1.38. The zero-order chi connectivity index (χ0) is 20.7. The molecule has 3 nitrogen and oxygen atoms in total. The predicted octanol–water partition coefficient (Wildman–Crippen LogP) is 5.52. The quantitative estimate of drug-likeness (QED) is 0.327. The Bertz CT molecular complexity index is 753. The van der Waals surface area contributed by atoms with Crippen molar-refractivity contribution in [2.75, 3.05) is 6.54 Å². The zero-order valence-corrected chi connectivity index (χ0v) is 19.1. The van der Waals surface area contributed by atoms with Crippen molar-refractivity contribution in [3.8, 4) is 0 Å². The largest absolute Gasteiger partial charge is 0.378 e. The van der Waals surface area contributed by atoms with Crippen molar-refractivity contribution in [2.45, 2.75) is 81.1 Å². The van der Waals surface area contributed by atoms with Gasteiger partial charge in [0.25, 0.3) is 0 Å². The highest BCUT2D eigenvalue weighted by Gasteiger charge is 2.48. The molecule has 2 aliphatic heterocycles. The van der Waals surface area contributed by atoms with Gasteiger partial charge in [-0.1, -0.05) is 42.0 Å². The van der Waals surface area contributed by atoms with Crippen LogP contribution in [0.1, 0.15) is 63.0 Å². The number of alkyl halides is 1. The molecule has 2 saturated heterocycles. The van der Waals surface area contributed by atoms with E-state index in [4.69, 9.17) is 23.2 Å². The number of nitrogens with one attached hydrogen (secondary N) is 1. The van der Waals surface area contributed by atoms with Crippen LogP contribution in [0.4, 0.5) is 0 Å². The van der Waals surface area contributed by atoms with Gasteiger partial charge in [-0.05, 0) is 74.8 Å². The molecule has 30 heavy (non-hydrogen) atoms. The van der Waals surface area contributed by atoms with E-state index in [9.17, 15) is 5.11 Å². The number of fused-ring (bicyclic) bond motifs is 2. The van der Waals surface area contributed by atoms with Crippen LogP contribution in [0.3, 0.4) is 0 Å². The first-order chi connectivity index (χ1) is 14.6. The minimum atomic E-state index is -0.368. The molecule has 164 valence electrons. The lowest BCUT2D eigenvalue weighted by atomic mass is 9.79. The summed E-state index contributed by atoms with van der Waals surface area (Å²) in [6.45, 7) is 0.974. The Labute approximate surface area is 190 Å². The van der Waals surface area contributed by atoms with E-state index in [2.05, 4.69) is 34.5 Å². The third kappa shape index (κ3) is 4.34. The van der Waals surface area contributed by atoms with Crippen LogP contribution in [-0.4, -0.2) is 40.2 Å². The fourth-order valence-electron chi connectivity index (χ4n) is 6.22. The van der Waals surface area contributed by atoms with Crippen molar-refractivity contribution >= 4 is 23.2 Å². The number of aliphatic hydroxyl groups is 1. The lowest BCUT2D eigenvalue weighted by Crippen LogP contribution is -2.52. The van der Waals surface area contributed by atoms with Crippen LogP contribution in [-0.2, 0) is 0 Å². The Morgan fingerprint density at radius 1 is 1.07 bits per heavy atom. The maximum absolute atomic E-state index is 10.8. The third-order valence-corrected chi connectivity index (χ3v) is 8.74. The minimum Gasteiger partial charge on any atom is -0.378 e. The van der Waals surface area contributed by atoms with Gasteiger partial charge in [0.2, 0.25) is 0 Å². The predicted molar refractivity (Wildman–Crippen MR) is 124 cm³/mol. The number of aliphatic hydroxyl groups excluding tert-OH is 1. The van der Waals surface area contributed by atoms with Gasteiger partial charge in [-0.2, -0.15) is 0 Å². The second kappa shape index (κ2) is 9.11. The second-order valence-corrected chi connectivity index (χ2v) is 10.9. The Kier molecular flexibility index (Phi) is 6.46. The van der Waals surface area contributed by atoms with E-state index in [1.165, 1.54) is 31.2 Å². The van der Waals surface area contributed by atoms with E-state index in [-0.39, 0.29) is 17.6 Å². The number of hydrogen-bond acceptors (Lipinski definition) is 3. The number of rotatable bonds is 7. The molecule has 2 aliphatic carbocycles. The fourth-order valence-corrected chi connectivity index (χ4v) is 6.83. The van der Waals surface area contributed by atoms with Crippen molar-refractivity contribution < 1.29 is 5.11 Å². The molecule has 6 atom stereocenters. The Morgan fingerprint density at radius 3 is 2.47 bits per heavy atom. The van der Waals surface area contributed by atoms with Crippen molar-refractivity contribution in [2.24, 2.45) is 17.8 Å². The number of halogens is 2. The molecule has 2 heterocycles. The van der Waals surface area contributed by atoms with Crippen LogP contribution in [0, 0.1) is 17.8 Å². The minimum absolute atomic E-state index is 0.0444. The highest BCUT2D eigenvalue weighted by Crippen LogP contribution is 2.50. The summed E-state index contributed by atoms with van der Waals surface area (Å²) in [5.74, 6) is 1.51. The molecular formula is C25H34Cl2N2O. The Morgan fingerprint density at radius 2 is 1.80 bits per heavy atom. The summed E-state index contributed by atoms with van der Waals surface area (Å²) < 4.78 is 0. The summed E-state index contributed by atoms with van der Waals surface area (Å²) in [6, 6.07) is 9.60. The van der Waals surface area contributed by atoms with Gasteiger partial charge >= 0.3 is 0 Å². The summed E-state index contributed by atoms with van der Waals surface area (Å²) in [5, 5.41) is 15.1. The molecule has 1 saturated carbocycles. The molecule has 1 aromatic rings. The van der Waals surface area contributed by atoms with Gasteiger partial charge in [0, 0.05) is 35.6 Å². The van der Waals surface area contributed by atoms with Crippen LogP contribution in [0.15, 0.2) is 36.4 Å². The molecule has 0 radical (unpaired) electrons. The lowest BCUT2D eigenvalue weighted by Gasteiger charge is -2.48. The summed E-state index contributed by atoms with van der Waals surface area (Å²) in [5.41, 5.74) is 1.23. The molecule has 4 aliphatic rings. The molecule has 0 spiro atoms. The number of piperidine rings is 1. The van der Waals surface area contributed by atoms with E-state index >= 15 is 0 Å². The third-order valence-electron chi connectivity index (χ3n) is 7.93. The smallest absolute Gasteiger partial charge is 0.107 e. The number of benzene rings is 1. The van der Waals surface area contributed by atoms with Gasteiger partial charge in [0.05, 0.1) is 5.38 Å². The Hall–Kier alpha value is -0.580. The van der Waals surface area contributed by atoms with Gasteiger partial charge in [0.15, 0.2) is 0 Å². The highest BCUT2D eigenvalue weighted by atomic mass is 35.5. The summed E-state index contributed by atoms with van der Waals surface area (Å²) in [7, 11) is 0. The van der Waals surface area contributed by atoms with Crippen molar-refractivity contribution in [3.05, 3.63) is 47.0 Å². The first kappa shape index (κ1) is 21.3. The molecule has 2 bridgehead atoms. The zero-order valence-electron chi connectivity index (χ0n) is 17.6. The highest BCUT2D eigenvalue weighted by molar-refractivity contribution is 6.31. The SMILES string of the molecule is OC(NCC1CC1)C1CC2CCC(C1)N2C(c1ccccc1Cl)C1CCC=CC1Cl. The van der Waals surface area contributed by atoms with Gasteiger partial charge < -0.3 is 5.11 Å². The van der Waals surface area contributed by atoms with Crippen LogP contribution in [0.2, 0.25) is 5.02 Å². The van der Waals surface area contributed by atoms with Crippen LogP contribution in [0.5, 0.6) is 0 Å². The lowest BCUT2D eigenvalue weighted by molar-refractivity contribution is -0.0216. The summed E-state index contributed by atoms with van der Waals surface area (Å²) in [6.07, 6.45) is 13.4. The van der Waals surface area contributed by atoms with Crippen molar-refractivity contribution in [1.82, 2.24) is 10.2 Å². The summed E-state index contributed by atoms with van der Waals surface area (Å²) in [4.78, 5) is 2.75. The molecule has 1 aromatic carbocycles. The number of hydrogen-bond donors (Lipinski definition) is 2. The fraction of sp³-hybridized carbons (Fsp3) is 0.680. The summed E-state index contributed by atoms with van der Waals surface area (Å²) >= 11 is 13.6. The average molecular weight is 449 g/mol. The molecule has 5 heteroatoms. The van der Waals surface area contributed by atoms with Crippen molar-refractivity contribution in [1.29, 1.82) is 0 Å². The van der Waals surface area contributed by atoms with Gasteiger partial charge in [-0.15, -0.1) is 11.6 Å².